The average Bonchev–Trinajstić information content (AvgIpc) is 2.59. The van der Waals surface area contributed by atoms with Crippen LogP contribution in [0.5, 0.6) is 0 Å². The Balaban J connectivity index is 2.40. The molecule has 4 N–H and O–H groups in total. The lowest BCUT2D eigenvalue weighted by atomic mass is 9.68. The first kappa shape index (κ1) is 17.8. The standard InChI is InChI=1S/C20H16F4N2/c21-16-7-1-13(2-8-16)19(20(22,23)24,14-3-9-17(25)10-4-14)15-5-11-18(26)12-6-15/h1-12H,25-26H2. The van der Waals surface area contributed by atoms with Crippen molar-refractivity contribution in [3.63, 3.8) is 0 Å². The summed E-state index contributed by atoms with van der Waals surface area (Å²) in [6.07, 6.45) is -4.70. The maximum atomic E-state index is 14.6. The minimum absolute atomic E-state index is 0.0180. The molecule has 3 rings (SSSR count). The molecule has 3 aromatic rings. The zero-order chi connectivity index (χ0) is 18.9. The molecular weight excluding hydrogens is 344 g/mol. The third-order valence-electron chi connectivity index (χ3n) is 4.39. The smallest absolute Gasteiger partial charge is 0.399 e. The molecule has 0 aliphatic rings. The number of halogens is 4. The van der Waals surface area contributed by atoms with Crippen LogP contribution in [0.2, 0.25) is 0 Å². The molecule has 0 spiro atoms. The summed E-state index contributed by atoms with van der Waals surface area (Å²) in [6.45, 7) is 0. The Morgan fingerprint density at radius 3 is 1.15 bits per heavy atom. The van der Waals surface area contributed by atoms with Crippen LogP contribution in [0.25, 0.3) is 0 Å². The lowest BCUT2D eigenvalue weighted by Crippen LogP contribution is -2.44. The maximum absolute atomic E-state index is 14.6. The van der Waals surface area contributed by atoms with Gasteiger partial charge < -0.3 is 11.5 Å². The van der Waals surface area contributed by atoms with Gasteiger partial charge in [-0.05, 0) is 53.1 Å². The summed E-state index contributed by atoms with van der Waals surface area (Å²) >= 11 is 0. The van der Waals surface area contributed by atoms with E-state index in [9.17, 15) is 17.6 Å². The van der Waals surface area contributed by atoms with Crippen molar-refractivity contribution >= 4 is 11.4 Å². The van der Waals surface area contributed by atoms with Crippen LogP contribution in [0.3, 0.4) is 0 Å². The average molecular weight is 360 g/mol. The Labute approximate surface area is 148 Å². The van der Waals surface area contributed by atoms with Crippen molar-refractivity contribution in [1.29, 1.82) is 0 Å². The highest BCUT2D eigenvalue weighted by atomic mass is 19.4. The topological polar surface area (TPSA) is 52.0 Å². The van der Waals surface area contributed by atoms with Crippen molar-refractivity contribution in [2.75, 3.05) is 11.5 Å². The molecule has 0 heterocycles. The molecule has 0 bridgehead atoms. The molecule has 0 unspecified atom stereocenters. The molecule has 0 saturated heterocycles. The number of rotatable bonds is 3. The summed E-state index contributed by atoms with van der Waals surface area (Å²) in [5.74, 6) is -0.612. The Kier molecular flexibility index (Phi) is 4.36. The molecule has 0 fully saturated rings. The van der Waals surface area contributed by atoms with Crippen LogP contribution in [0.1, 0.15) is 16.7 Å². The van der Waals surface area contributed by atoms with Gasteiger partial charge in [-0.3, -0.25) is 0 Å². The molecule has 0 radical (unpaired) electrons. The van der Waals surface area contributed by atoms with Gasteiger partial charge in [0.05, 0.1) is 0 Å². The van der Waals surface area contributed by atoms with Crippen LogP contribution in [0.15, 0.2) is 72.8 Å². The molecule has 0 atom stereocenters. The monoisotopic (exact) mass is 360 g/mol. The molecule has 6 heteroatoms. The second-order valence-corrected chi connectivity index (χ2v) is 6.00. The van der Waals surface area contributed by atoms with Crippen molar-refractivity contribution < 1.29 is 17.6 Å². The van der Waals surface area contributed by atoms with E-state index in [2.05, 4.69) is 0 Å². The quantitative estimate of drug-likeness (QED) is 0.397. The fourth-order valence-corrected chi connectivity index (χ4v) is 3.16. The Hall–Kier alpha value is -3.02. The number of nitrogens with two attached hydrogens (primary N) is 2. The molecule has 2 nitrogen and oxygen atoms in total. The van der Waals surface area contributed by atoms with Crippen LogP contribution >= 0.6 is 0 Å². The highest BCUT2D eigenvalue weighted by Crippen LogP contribution is 2.51. The van der Waals surface area contributed by atoms with Gasteiger partial charge in [0.25, 0.3) is 0 Å². The summed E-state index contributed by atoms with van der Waals surface area (Å²) in [5.41, 5.74) is 9.38. The van der Waals surface area contributed by atoms with Gasteiger partial charge >= 0.3 is 6.18 Å². The molecule has 0 aliphatic heterocycles. The molecule has 0 aliphatic carbocycles. The maximum Gasteiger partial charge on any atom is 0.406 e. The zero-order valence-corrected chi connectivity index (χ0v) is 13.6. The Morgan fingerprint density at radius 2 is 0.846 bits per heavy atom. The van der Waals surface area contributed by atoms with Crippen LogP contribution in [-0.4, -0.2) is 6.18 Å². The molecule has 26 heavy (non-hydrogen) atoms. The van der Waals surface area contributed by atoms with Crippen molar-refractivity contribution in [2.45, 2.75) is 11.6 Å². The minimum Gasteiger partial charge on any atom is -0.399 e. The van der Waals surface area contributed by atoms with Gasteiger partial charge in [0.15, 0.2) is 0 Å². The summed E-state index contributed by atoms with van der Waals surface area (Å²) in [5, 5.41) is 0. The van der Waals surface area contributed by atoms with E-state index in [-0.39, 0.29) is 16.7 Å². The van der Waals surface area contributed by atoms with Crippen LogP contribution in [0.4, 0.5) is 28.9 Å². The number of hydrogen-bond donors (Lipinski definition) is 2. The largest absolute Gasteiger partial charge is 0.406 e. The van der Waals surface area contributed by atoms with Crippen LogP contribution in [0, 0.1) is 5.82 Å². The summed E-state index contributed by atoms with van der Waals surface area (Å²) in [7, 11) is 0. The van der Waals surface area contributed by atoms with Gasteiger partial charge in [-0.2, -0.15) is 13.2 Å². The van der Waals surface area contributed by atoms with Gasteiger partial charge in [0.1, 0.15) is 11.2 Å². The predicted molar refractivity (Wildman–Crippen MR) is 94.0 cm³/mol. The van der Waals surface area contributed by atoms with E-state index < -0.39 is 17.4 Å². The highest BCUT2D eigenvalue weighted by Gasteiger charge is 2.58. The summed E-state index contributed by atoms with van der Waals surface area (Å²) < 4.78 is 57.1. The minimum atomic E-state index is -4.70. The van der Waals surface area contributed by atoms with Crippen molar-refractivity contribution in [3.05, 3.63) is 95.3 Å². The van der Waals surface area contributed by atoms with Crippen LogP contribution < -0.4 is 11.5 Å². The first-order chi connectivity index (χ1) is 12.2. The predicted octanol–water partition coefficient (Wildman–Crippen LogP) is 4.89. The highest BCUT2D eigenvalue weighted by molar-refractivity contribution is 5.56. The van der Waals surface area contributed by atoms with Gasteiger partial charge in [0, 0.05) is 11.4 Å². The Morgan fingerprint density at radius 1 is 0.538 bits per heavy atom. The third-order valence-corrected chi connectivity index (χ3v) is 4.39. The zero-order valence-electron chi connectivity index (χ0n) is 13.6. The van der Waals surface area contributed by atoms with Crippen molar-refractivity contribution in [1.82, 2.24) is 0 Å². The van der Waals surface area contributed by atoms with E-state index in [0.717, 1.165) is 24.3 Å². The second-order valence-electron chi connectivity index (χ2n) is 6.00. The SMILES string of the molecule is Nc1ccc(C(c2ccc(N)cc2)(c2ccc(F)cc2)C(F)(F)F)cc1. The summed E-state index contributed by atoms with van der Waals surface area (Å²) in [6, 6.07) is 15.3. The molecular formula is C20H16F4N2. The van der Waals surface area contributed by atoms with E-state index in [0.29, 0.717) is 11.4 Å². The van der Waals surface area contributed by atoms with E-state index in [1.807, 2.05) is 0 Å². The molecule has 134 valence electrons. The second kappa shape index (κ2) is 6.37. The number of anilines is 2. The number of benzene rings is 3. The summed E-state index contributed by atoms with van der Waals surface area (Å²) in [4.78, 5) is 0. The number of hydrogen-bond acceptors (Lipinski definition) is 2. The molecule has 0 amide bonds. The number of alkyl halides is 3. The molecule has 0 aromatic heterocycles. The number of nitrogen functional groups attached to an aromatic ring is 2. The molecule has 0 saturated carbocycles. The van der Waals surface area contributed by atoms with Gasteiger partial charge in [-0.25, -0.2) is 4.39 Å². The lowest BCUT2D eigenvalue weighted by molar-refractivity contribution is -0.166. The van der Waals surface area contributed by atoms with Gasteiger partial charge in [-0.15, -0.1) is 0 Å². The van der Waals surface area contributed by atoms with E-state index in [1.54, 1.807) is 0 Å². The van der Waals surface area contributed by atoms with Crippen LogP contribution in [-0.2, 0) is 5.41 Å². The molecule has 3 aromatic carbocycles. The van der Waals surface area contributed by atoms with Crippen molar-refractivity contribution in [2.24, 2.45) is 0 Å². The fraction of sp³-hybridized carbons (Fsp3) is 0.100. The van der Waals surface area contributed by atoms with Gasteiger partial charge in [-0.1, -0.05) is 36.4 Å². The third kappa shape index (κ3) is 2.87. The first-order valence-electron chi connectivity index (χ1n) is 7.80. The normalized spacial score (nSPS) is 12.2. The van der Waals surface area contributed by atoms with Crippen molar-refractivity contribution in [3.8, 4) is 0 Å². The first-order valence-corrected chi connectivity index (χ1v) is 7.80. The van der Waals surface area contributed by atoms with E-state index in [1.165, 1.54) is 48.5 Å². The van der Waals surface area contributed by atoms with Gasteiger partial charge in [0.2, 0.25) is 0 Å². The lowest BCUT2D eigenvalue weighted by Gasteiger charge is -2.37. The fourth-order valence-electron chi connectivity index (χ4n) is 3.16. The van der Waals surface area contributed by atoms with E-state index >= 15 is 0 Å². The van der Waals surface area contributed by atoms with E-state index in [4.69, 9.17) is 11.5 Å². The Bertz CT molecular complexity index is 772.